The van der Waals surface area contributed by atoms with Crippen LogP contribution in [0, 0.1) is 5.92 Å². The Hall–Kier alpha value is -0.883. The predicted octanol–water partition coefficient (Wildman–Crippen LogP) is 2.36. The molecule has 0 fully saturated rings. The second-order valence-corrected chi connectivity index (χ2v) is 10.8. The zero-order valence-electron chi connectivity index (χ0n) is 13.0. The Labute approximate surface area is 116 Å². The maximum Gasteiger partial charge on any atom is 0.320 e. The van der Waals surface area contributed by atoms with Crippen molar-refractivity contribution in [1.29, 1.82) is 0 Å². The van der Waals surface area contributed by atoms with E-state index in [1.54, 1.807) is 0 Å². The van der Waals surface area contributed by atoms with Gasteiger partial charge in [-0.1, -0.05) is 20.8 Å². The zero-order valence-corrected chi connectivity index (χ0v) is 14.0. The number of ether oxygens (including phenoxy) is 2. The van der Waals surface area contributed by atoms with Crippen molar-refractivity contribution >= 4 is 20.3 Å². The molecular weight excluding hydrogens is 264 g/mol. The van der Waals surface area contributed by atoms with Crippen LogP contribution in [-0.2, 0) is 23.5 Å². The quantitative estimate of drug-likeness (QED) is 0.427. The first kappa shape index (κ1) is 18.1. The van der Waals surface area contributed by atoms with Gasteiger partial charge in [0.1, 0.15) is 0 Å². The first-order chi connectivity index (χ1) is 8.56. The van der Waals surface area contributed by atoms with Crippen LogP contribution in [0.4, 0.5) is 0 Å². The van der Waals surface area contributed by atoms with Crippen molar-refractivity contribution in [3.63, 3.8) is 0 Å². The summed E-state index contributed by atoms with van der Waals surface area (Å²) in [5, 5.41) is 0.0963. The van der Waals surface area contributed by atoms with E-state index < -0.39 is 26.2 Å². The molecule has 0 aliphatic heterocycles. The van der Waals surface area contributed by atoms with E-state index in [1.807, 2.05) is 0 Å². The van der Waals surface area contributed by atoms with E-state index in [9.17, 15) is 9.59 Å². The molecule has 0 atom stereocenters. The lowest BCUT2D eigenvalue weighted by atomic mass is 10.1. The van der Waals surface area contributed by atoms with Crippen LogP contribution in [0.2, 0.25) is 18.1 Å². The van der Waals surface area contributed by atoms with Gasteiger partial charge in [-0.15, -0.1) is 0 Å². The van der Waals surface area contributed by atoms with Crippen LogP contribution in [0.15, 0.2) is 0 Å². The molecule has 0 aliphatic carbocycles. The van der Waals surface area contributed by atoms with Crippen LogP contribution in [0.3, 0.4) is 0 Å². The molecule has 0 bridgehead atoms. The molecule has 0 aromatic carbocycles. The molecule has 0 heterocycles. The van der Waals surface area contributed by atoms with Gasteiger partial charge in [0, 0.05) is 6.61 Å². The average molecular weight is 290 g/mol. The van der Waals surface area contributed by atoms with Gasteiger partial charge >= 0.3 is 11.9 Å². The molecule has 0 aromatic heterocycles. The fourth-order valence-electron chi connectivity index (χ4n) is 1.26. The lowest BCUT2D eigenvalue weighted by Gasteiger charge is -2.36. The fourth-order valence-corrected chi connectivity index (χ4v) is 2.33. The summed E-state index contributed by atoms with van der Waals surface area (Å²) in [6, 6.07) is 0. The van der Waals surface area contributed by atoms with Gasteiger partial charge in [0.05, 0.1) is 14.2 Å². The lowest BCUT2D eigenvalue weighted by molar-refractivity contribution is -0.159. The highest BCUT2D eigenvalue weighted by Crippen LogP contribution is 2.36. The van der Waals surface area contributed by atoms with Crippen LogP contribution in [0.1, 0.15) is 27.2 Å². The first-order valence-electron chi connectivity index (χ1n) is 6.36. The van der Waals surface area contributed by atoms with Gasteiger partial charge in [-0.2, -0.15) is 0 Å². The summed E-state index contributed by atoms with van der Waals surface area (Å²) in [5.74, 6) is -2.06. The van der Waals surface area contributed by atoms with Gasteiger partial charge in [0.25, 0.3) is 0 Å². The zero-order chi connectivity index (χ0) is 15.3. The molecule has 6 heteroatoms. The summed E-state index contributed by atoms with van der Waals surface area (Å²) in [4.78, 5) is 23.0. The Bertz CT molecular complexity index is 303. The van der Waals surface area contributed by atoms with E-state index in [0.29, 0.717) is 6.61 Å². The first-order valence-corrected chi connectivity index (χ1v) is 9.27. The highest BCUT2D eigenvalue weighted by molar-refractivity contribution is 6.74. The molecule has 5 nitrogen and oxygen atoms in total. The molecule has 0 saturated heterocycles. The minimum absolute atomic E-state index is 0.0963. The summed E-state index contributed by atoms with van der Waals surface area (Å²) in [6.07, 6.45) is 0.284. The molecule has 0 amide bonds. The maximum atomic E-state index is 11.5. The van der Waals surface area contributed by atoms with Crippen molar-refractivity contribution in [2.24, 2.45) is 5.92 Å². The lowest BCUT2D eigenvalue weighted by Crippen LogP contribution is -2.41. The molecule has 112 valence electrons. The van der Waals surface area contributed by atoms with E-state index in [-0.39, 0.29) is 11.5 Å². The molecule has 19 heavy (non-hydrogen) atoms. The number of carbonyl (C=O) groups is 2. The molecule has 0 unspecified atom stereocenters. The molecule has 0 saturated carbocycles. The third-order valence-electron chi connectivity index (χ3n) is 3.65. The van der Waals surface area contributed by atoms with Crippen LogP contribution < -0.4 is 0 Å². The highest BCUT2D eigenvalue weighted by atomic mass is 28.4. The van der Waals surface area contributed by atoms with Crippen molar-refractivity contribution in [3.8, 4) is 0 Å². The Morgan fingerprint density at radius 1 is 1.05 bits per heavy atom. The summed E-state index contributed by atoms with van der Waals surface area (Å²) in [7, 11) is 0.648. The minimum atomic E-state index is -1.87. The van der Waals surface area contributed by atoms with E-state index in [1.165, 1.54) is 14.2 Å². The van der Waals surface area contributed by atoms with Crippen molar-refractivity contribution < 1.29 is 23.5 Å². The predicted molar refractivity (Wildman–Crippen MR) is 75.3 cm³/mol. The third-order valence-corrected chi connectivity index (χ3v) is 8.19. The van der Waals surface area contributed by atoms with E-state index in [0.717, 1.165) is 0 Å². The van der Waals surface area contributed by atoms with Gasteiger partial charge in [-0.3, -0.25) is 9.59 Å². The standard InChI is InChI=1S/C13H26O5Si/c1-13(2,3)19(6,7)18-9-8-10(11(14)16-4)12(15)17-5/h10H,8-9H2,1-7H3. The number of hydrogen-bond acceptors (Lipinski definition) is 5. The molecule has 0 radical (unpaired) electrons. The topological polar surface area (TPSA) is 61.8 Å². The largest absolute Gasteiger partial charge is 0.468 e. The molecule has 0 aliphatic rings. The fraction of sp³-hybridized carbons (Fsp3) is 0.846. The molecular formula is C13H26O5Si. The van der Waals surface area contributed by atoms with Gasteiger partial charge in [0.2, 0.25) is 0 Å². The second kappa shape index (κ2) is 7.05. The number of hydrogen-bond donors (Lipinski definition) is 0. The summed E-state index contributed by atoms with van der Waals surface area (Å²) >= 11 is 0. The monoisotopic (exact) mass is 290 g/mol. The molecule has 0 rings (SSSR count). The van der Waals surface area contributed by atoms with Gasteiger partial charge in [-0.05, 0) is 24.6 Å². The summed E-state index contributed by atoms with van der Waals surface area (Å²) in [5.41, 5.74) is 0. The van der Waals surface area contributed by atoms with Crippen LogP contribution in [-0.4, -0.2) is 41.1 Å². The van der Waals surface area contributed by atoms with Crippen molar-refractivity contribution in [2.45, 2.75) is 45.3 Å². The van der Waals surface area contributed by atoms with Crippen molar-refractivity contribution in [2.75, 3.05) is 20.8 Å². The minimum Gasteiger partial charge on any atom is -0.468 e. The molecule has 0 spiro atoms. The van der Waals surface area contributed by atoms with Gasteiger partial charge in [-0.25, -0.2) is 0 Å². The van der Waals surface area contributed by atoms with E-state index in [2.05, 4.69) is 43.3 Å². The Morgan fingerprint density at radius 2 is 1.47 bits per heavy atom. The van der Waals surface area contributed by atoms with Crippen molar-refractivity contribution in [1.82, 2.24) is 0 Å². The number of methoxy groups -OCH3 is 2. The van der Waals surface area contributed by atoms with E-state index >= 15 is 0 Å². The SMILES string of the molecule is COC(=O)C(CCO[Si](C)(C)C(C)(C)C)C(=O)OC. The van der Waals surface area contributed by atoms with E-state index in [4.69, 9.17) is 4.43 Å². The Kier molecular flexibility index (Phi) is 6.72. The Morgan fingerprint density at radius 3 is 1.79 bits per heavy atom. The number of rotatable bonds is 6. The van der Waals surface area contributed by atoms with Crippen LogP contribution in [0.5, 0.6) is 0 Å². The van der Waals surface area contributed by atoms with Crippen LogP contribution >= 0.6 is 0 Å². The van der Waals surface area contributed by atoms with Crippen LogP contribution in [0.25, 0.3) is 0 Å². The molecule has 0 N–H and O–H groups in total. The Balaban J connectivity index is 4.51. The summed E-state index contributed by atoms with van der Waals surface area (Å²) in [6.45, 7) is 11.0. The second-order valence-electron chi connectivity index (χ2n) is 6.00. The molecule has 0 aromatic rings. The summed E-state index contributed by atoms with van der Waals surface area (Å²) < 4.78 is 15.1. The average Bonchev–Trinajstić information content (AvgIpc) is 2.31. The maximum absolute atomic E-state index is 11.5. The van der Waals surface area contributed by atoms with Gasteiger partial charge in [0.15, 0.2) is 14.2 Å². The number of esters is 2. The smallest absolute Gasteiger partial charge is 0.320 e. The highest BCUT2D eigenvalue weighted by Gasteiger charge is 2.38. The van der Waals surface area contributed by atoms with Crippen molar-refractivity contribution in [3.05, 3.63) is 0 Å². The van der Waals surface area contributed by atoms with Gasteiger partial charge < -0.3 is 13.9 Å². The third kappa shape index (κ3) is 5.32. The number of carbonyl (C=O) groups excluding carboxylic acids is 2. The normalized spacial score (nSPS) is 12.4.